The van der Waals surface area contributed by atoms with Gasteiger partial charge >= 0.3 is 13.6 Å². The highest BCUT2D eigenvalue weighted by molar-refractivity contribution is 7.85. The summed E-state index contributed by atoms with van der Waals surface area (Å²) in [4.78, 5) is 53.2. The van der Waals surface area contributed by atoms with Gasteiger partial charge in [0, 0.05) is 43.2 Å². The summed E-state index contributed by atoms with van der Waals surface area (Å²) in [6, 6.07) is 0. The van der Waals surface area contributed by atoms with E-state index < -0.39 is 70.7 Å². The average molecular weight is 802 g/mol. The fourth-order valence-corrected chi connectivity index (χ4v) is 11.9. The molecule has 4 rings (SSSR count). The summed E-state index contributed by atoms with van der Waals surface area (Å²) >= 11 is 0. The maximum Gasteiger partial charge on any atom is 0.356 e. The van der Waals surface area contributed by atoms with Gasteiger partial charge in [0.1, 0.15) is 11.9 Å². The number of carbonyl (C=O) groups is 4. The average Bonchev–Trinajstić information content (AvgIpc) is 3.39. The van der Waals surface area contributed by atoms with Crippen LogP contribution in [0.2, 0.25) is 0 Å². The summed E-state index contributed by atoms with van der Waals surface area (Å²) in [5.74, 6) is -2.06. The summed E-state index contributed by atoms with van der Waals surface area (Å²) < 4.78 is 67.5. The molecular weight excluding hydrogens is 741 g/mol. The third-order valence-corrected chi connectivity index (χ3v) is 15.0. The SMILES string of the molecule is CCOP(=O)(CO[C@]1(C(=O)COC(=O)CCCCCCC(=O)N(C)CCS(=O)(=O)O)CC[C@H]2[C@@H]3C[C@H](C)C4=CC(=O)C=CC4(C)[C@H]3[C@@H](O)C[C@@]21C)OCC. The first kappa shape index (κ1) is 44.5. The second-order valence-electron chi connectivity index (χ2n) is 15.9. The van der Waals surface area contributed by atoms with Crippen LogP contribution in [0.5, 0.6) is 0 Å². The number of amides is 1. The van der Waals surface area contributed by atoms with Crippen LogP contribution in [0, 0.1) is 34.5 Å². The van der Waals surface area contributed by atoms with Crippen molar-refractivity contribution < 1.29 is 60.3 Å². The largest absolute Gasteiger partial charge is 0.458 e. The van der Waals surface area contributed by atoms with Crippen molar-refractivity contribution in [2.24, 2.45) is 34.5 Å². The van der Waals surface area contributed by atoms with Gasteiger partial charge in [0.2, 0.25) is 11.7 Å². The molecular formula is C38H60NO13PS. The molecule has 16 heteroatoms. The van der Waals surface area contributed by atoms with E-state index in [-0.39, 0.29) is 80.8 Å². The van der Waals surface area contributed by atoms with E-state index in [1.807, 2.05) is 13.0 Å². The minimum atomic E-state index is -4.16. The lowest BCUT2D eigenvalue weighted by atomic mass is 9.44. The Kier molecular flexibility index (Phi) is 14.7. The number of hydrogen-bond donors (Lipinski definition) is 2. The fraction of sp³-hybridized carbons (Fsp3) is 0.789. The van der Waals surface area contributed by atoms with Crippen LogP contribution in [0.4, 0.5) is 0 Å². The van der Waals surface area contributed by atoms with Crippen molar-refractivity contribution in [3.05, 3.63) is 23.8 Å². The second kappa shape index (κ2) is 17.9. The van der Waals surface area contributed by atoms with Gasteiger partial charge in [-0.25, -0.2) is 0 Å². The highest BCUT2D eigenvalue weighted by atomic mass is 32.2. The van der Waals surface area contributed by atoms with Gasteiger partial charge in [0.25, 0.3) is 10.1 Å². The number of fused-ring (bicyclic) bond motifs is 5. The Bertz CT molecular complexity index is 1620. The molecule has 8 atom stereocenters. The van der Waals surface area contributed by atoms with E-state index in [4.69, 9.17) is 23.1 Å². The first-order valence-corrected chi connectivity index (χ1v) is 22.6. The maximum absolute atomic E-state index is 14.5. The van der Waals surface area contributed by atoms with Gasteiger partial charge in [-0.1, -0.05) is 45.3 Å². The van der Waals surface area contributed by atoms with Crippen LogP contribution in [0.1, 0.15) is 98.8 Å². The Balaban J connectivity index is 1.43. The van der Waals surface area contributed by atoms with Crippen LogP contribution in [-0.2, 0) is 52.4 Å². The summed E-state index contributed by atoms with van der Waals surface area (Å²) in [5.41, 5.74) is -1.97. The molecule has 0 aromatic rings. The van der Waals surface area contributed by atoms with Gasteiger partial charge in [-0.3, -0.25) is 28.3 Å². The van der Waals surface area contributed by atoms with Crippen LogP contribution in [0.15, 0.2) is 23.8 Å². The summed E-state index contributed by atoms with van der Waals surface area (Å²) in [7, 11) is -6.45. The van der Waals surface area contributed by atoms with E-state index >= 15 is 0 Å². The van der Waals surface area contributed by atoms with E-state index in [0.29, 0.717) is 32.1 Å². The van der Waals surface area contributed by atoms with E-state index in [0.717, 1.165) is 12.0 Å². The van der Waals surface area contributed by atoms with Gasteiger partial charge < -0.3 is 28.5 Å². The number of aliphatic hydroxyl groups excluding tert-OH is 1. The predicted molar refractivity (Wildman–Crippen MR) is 200 cm³/mol. The van der Waals surface area contributed by atoms with Gasteiger partial charge in [0.05, 0.1) is 25.1 Å². The standard InChI is InChI=1S/C38H60NO13PS/c1-7-51-53(45,52-8-2)25-50-38(32(42)24-49-34(44)14-12-10-9-11-13-33(43)39(6)19-20-54(46,47)48)18-16-29-28-21-26(3)30-22-27(40)15-17-36(30,4)35(28)31(41)23-37(29,38)5/h15,17,22,26,28-29,31,35,41H,7-14,16,18-21,23-25H2,1-6H3,(H,46,47,48)/t26-,28-,29-,31-,35+,36?,37-,38-/m0/s1. The lowest BCUT2D eigenvalue weighted by molar-refractivity contribution is -0.192. The lowest BCUT2D eigenvalue weighted by Gasteiger charge is -2.61. The Morgan fingerprint density at radius 3 is 2.33 bits per heavy atom. The smallest absolute Gasteiger partial charge is 0.356 e. The van der Waals surface area contributed by atoms with Gasteiger partial charge in [-0.05, 0) is 82.3 Å². The van der Waals surface area contributed by atoms with Gasteiger partial charge in [0.15, 0.2) is 12.4 Å². The topological polar surface area (TPSA) is 200 Å². The molecule has 0 aromatic heterocycles. The molecule has 2 N–H and O–H groups in total. The van der Waals surface area contributed by atoms with E-state index in [9.17, 15) is 37.3 Å². The number of rotatable bonds is 20. The molecule has 1 amide bonds. The minimum absolute atomic E-state index is 0.00690. The molecule has 3 saturated carbocycles. The van der Waals surface area contributed by atoms with Crippen molar-refractivity contribution in [3.8, 4) is 0 Å². The minimum Gasteiger partial charge on any atom is -0.458 e. The molecule has 0 saturated heterocycles. The van der Waals surface area contributed by atoms with Crippen LogP contribution in [-0.4, -0.2) is 104 Å². The Hall–Kier alpha value is -2.26. The van der Waals surface area contributed by atoms with Crippen LogP contribution >= 0.6 is 7.60 Å². The number of esters is 1. The molecule has 0 bridgehead atoms. The van der Waals surface area contributed by atoms with Crippen molar-refractivity contribution in [2.45, 2.75) is 111 Å². The molecule has 0 aliphatic heterocycles. The summed E-state index contributed by atoms with van der Waals surface area (Å²) in [5, 5.41) is 12.0. The number of ketones is 2. The summed E-state index contributed by atoms with van der Waals surface area (Å²) in [6.07, 6.45) is 8.23. The number of nitrogens with zero attached hydrogens (tertiary/aromatic N) is 1. The third-order valence-electron chi connectivity index (χ3n) is 12.5. The molecule has 0 radical (unpaired) electrons. The lowest BCUT2D eigenvalue weighted by Crippen LogP contribution is -2.63. The van der Waals surface area contributed by atoms with Crippen LogP contribution in [0.25, 0.3) is 0 Å². The number of allylic oxidation sites excluding steroid dienone is 4. The monoisotopic (exact) mass is 801 g/mol. The number of unbranched alkanes of at least 4 members (excludes halogenated alkanes) is 3. The van der Waals surface area contributed by atoms with Crippen molar-refractivity contribution >= 4 is 41.2 Å². The van der Waals surface area contributed by atoms with E-state index in [2.05, 4.69) is 13.8 Å². The first-order chi connectivity index (χ1) is 25.3. The first-order valence-electron chi connectivity index (χ1n) is 19.3. The zero-order chi connectivity index (χ0) is 40.1. The molecule has 14 nitrogen and oxygen atoms in total. The molecule has 4 aliphatic rings. The molecule has 306 valence electrons. The van der Waals surface area contributed by atoms with Crippen molar-refractivity contribution in [1.29, 1.82) is 0 Å². The highest BCUT2D eigenvalue weighted by Crippen LogP contribution is 2.69. The molecule has 1 unspecified atom stereocenters. The van der Waals surface area contributed by atoms with Gasteiger partial charge in [-0.15, -0.1) is 0 Å². The third kappa shape index (κ3) is 9.64. The van der Waals surface area contributed by atoms with Crippen LogP contribution < -0.4 is 0 Å². The quantitative estimate of drug-likeness (QED) is 0.0697. The van der Waals surface area contributed by atoms with Crippen molar-refractivity contribution in [1.82, 2.24) is 4.90 Å². The molecule has 4 aliphatic carbocycles. The Morgan fingerprint density at radius 2 is 1.70 bits per heavy atom. The number of ether oxygens (including phenoxy) is 2. The van der Waals surface area contributed by atoms with E-state index in [1.165, 1.54) is 11.9 Å². The van der Waals surface area contributed by atoms with Gasteiger partial charge in [-0.2, -0.15) is 8.42 Å². The fourth-order valence-electron chi connectivity index (χ4n) is 10.0. The summed E-state index contributed by atoms with van der Waals surface area (Å²) in [6.45, 7) is 9.05. The normalized spacial score (nSPS) is 32.0. The Morgan fingerprint density at radius 1 is 1.06 bits per heavy atom. The zero-order valence-electron chi connectivity index (χ0n) is 32.6. The number of carbonyl (C=O) groups excluding carboxylic acids is 4. The maximum atomic E-state index is 14.5. The molecule has 3 fully saturated rings. The van der Waals surface area contributed by atoms with Crippen molar-refractivity contribution in [3.63, 3.8) is 0 Å². The predicted octanol–water partition coefficient (Wildman–Crippen LogP) is 5.29. The Labute approximate surface area is 320 Å². The zero-order valence-corrected chi connectivity index (χ0v) is 34.3. The second-order valence-corrected chi connectivity index (χ2v) is 19.5. The van der Waals surface area contributed by atoms with Crippen LogP contribution in [0.3, 0.4) is 0 Å². The molecule has 54 heavy (non-hydrogen) atoms. The number of Topliss-reactive ketones (excluding diaryl/α,β-unsaturated/α-hetero) is 1. The molecule has 0 aromatic carbocycles. The highest BCUT2D eigenvalue weighted by Gasteiger charge is 2.70. The molecule has 0 heterocycles. The number of aliphatic hydroxyl groups is 1. The number of hydrogen-bond acceptors (Lipinski definition) is 12. The van der Waals surface area contributed by atoms with E-state index in [1.54, 1.807) is 26.0 Å². The van der Waals surface area contributed by atoms with Crippen molar-refractivity contribution in [2.75, 3.05) is 45.5 Å². The molecule has 0 spiro atoms.